The van der Waals surface area contributed by atoms with Crippen LogP contribution < -0.4 is 5.32 Å². The van der Waals surface area contributed by atoms with E-state index in [1.807, 2.05) is 0 Å². The molecular formula is C9H11FN2O2. The van der Waals surface area contributed by atoms with Gasteiger partial charge in [0.1, 0.15) is 0 Å². The predicted octanol–water partition coefficient (Wildman–Crippen LogP) is 0.932. The largest absolute Gasteiger partial charge is 0.396 e. The molecular weight excluding hydrogens is 187 g/mol. The summed E-state index contributed by atoms with van der Waals surface area (Å²) in [6.07, 6.45) is 1.90. The lowest BCUT2D eigenvalue weighted by Gasteiger charge is -2.02. The maximum atomic E-state index is 12.4. The number of hydrogen-bond donors (Lipinski definition) is 2. The van der Waals surface area contributed by atoms with Crippen LogP contribution >= 0.6 is 0 Å². The Morgan fingerprint density at radius 1 is 1.57 bits per heavy atom. The summed E-state index contributed by atoms with van der Waals surface area (Å²) in [7, 11) is 0. The van der Waals surface area contributed by atoms with E-state index in [0.717, 1.165) is 0 Å². The predicted molar refractivity (Wildman–Crippen MR) is 49.1 cm³/mol. The van der Waals surface area contributed by atoms with Gasteiger partial charge in [-0.05, 0) is 18.6 Å². The first-order chi connectivity index (χ1) is 6.72. The molecule has 4 nitrogen and oxygen atoms in total. The number of aliphatic hydroxyl groups is 1. The number of halogens is 1. The SMILES string of the molecule is O=C(CCCO)Nc1ccc(F)nc1. The molecule has 1 aromatic heterocycles. The molecule has 0 spiro atoms. The molecule has 0 aromatic carbocycles. The molecule has 1 aromatic rings. The molecule has 0 aliphatic rings. The second-order valence-electron chi connectivity index (χ2n) is 2.74. The molecule has 76 valence electrons. The lowest BCUT2D eigenvalue weighted by atomic mass is 10.3. The van der Waals surface area contributed by atoms with Crippen LogP contribution in [0.15, 0.2) is 18.3 Å². The second-order valence-corrected chi connectivity index (χ2v) is 2.74. The minimum absolute atomic E-state index is 0.0188. The van der Waals surface area contributed by atoms with Crippen molar-refractivity contribution in [2.24, 2.45) is 0 Å². The third kappa shape index (κ3) is 3.49. The van der Waals surface area contributed by atoms with Crippen LogP contribution in [0.4, 0.5) is 10.1 Å². The molecule has 0 unspecified atom stereocenters. The highest BCUT2D eigenvalue weighted by Gasteiger charge is 2.01. The van der Waals surface area contributed by atoms with Gasteiger partial charge in [0.2, 0.25) is 11.9 Å². The maximum Gasteiger partial charge on any atom is 0.224 e. The van der Waals surface area contributed by atoms with E-state index in [1.54, 1.807) is 0 Å². The maximum absolute atomic E-state index is 12.4. The first-order valence-electron chi connectivity index (χ1n) is 4.24. The summed E-state index contributed by atoms with van der Waals surface area (Å²) in [6.45, 7) is -0.0188. The fourth-order valence-electron chi connectivity index (χ4n) is 0.913. The van der Waals surface area contributed by atoms with Gasteiger partial charge in [-0.2, -0.15) is 4.39 Å². The Bertz CT molecular complexity index is 300. The van der Waals surface area contributed by atoms with Crippen LogP contribution in [0.5, 0.6) is 0 Å². The van der Waals surface area contributed by atoms with Gasteiger partial charge in [-0.3, -0.25) is 4.79 Å². The van der Waals surface area contributed by atoms with Crippen LogP contribution in [0.2, 0.25) is 0 Å². The summed E-state index contributed by atoms with van der Waals surface area (Å²) < 4.78 is 12.4. The van der Waals surface area contributed by atoms with Crippen molar-refractivity contribution in [2.45, 2.75) is 12.8 Å². The molecule has 0 saturated carbocycles. The van der Waals surface area contributed by atoms with Gasteiger partial charge in [0.15, 0.2) is 0 Å². The van der Waals surface area contributed by atoms with Crippen molar-refractivity contribution in [2.75, 3.05) is 11.9 Å². The van der Waals surface area contributed by atoms with E-state index in [1.165, 1.54) is 18.3 Å². The number of hydrogen-bond acceptors (Lipinski definition) is 3. The van der Waals surface area contributed by atoms with Gasteiger partial charge in [0.05, 0.1) is 11.9 Å². The van der Waals surface area contributed by atoms with Crippen LogP contribution in [0, 0.1) is 5.95 Å². The quantitative estimate of drug-likeness (QED) is 0.707. The number of pyridine rings is 1. The van der Waals surface area contributed by atoms with E-state index in [2.05, 4.69) is 10.3 Å². The number of rotatable bonds is 4. The molecule has 0 fully saturated rings. The number of anilines is 1. The molecule has 5 heteroatoms. The summed E-state index contributed by atoms with van der Waals surface area (Å²) in [4.78, 5) is 14.5. The third-order valence-electron chi connectivity index (χ3n) is 1.57. The van der Waals surface area contributed by atoms with Gasteiger partial charge in [-0.15, -0.1) is 0 Å². The molecule has 1 heterocycles. The first-order valence-corrected chi connectivity index (χ1v) is 4.24. The van der Waals surface area contributed by atoms with Crippen molar-refractivity contribution in [3.8, 4) is 0 Å². The summed E-state index contributed by atoms with van der Waals surface area (Å²) in [5.74, 6) is -0.800. The first kappa shape index (κ1) is 10.6. The fourth-order valence-corrected chi connectivity index (χ4v) is 0.913. The van der Waals surface area contributed by atoms with Gasteiger partial charge in [0.25, 0.3) is 0 Å². The highest BCUT2D eigenvalue weighted by Crippen LogP contribution is 2.05. The second kappa shape index (κ2) is 5.29. The van der Waals surface area contributed by atoms with E-state index < -0.39 is 5.95 Å². The number of carbonyl (C=O) groups is 1. The Kier molecular flexibility index (Phi) is 4.00. The summed E-state index contributed by atoms with van der Waals surface area (Å²) in [6, 6.07) is 2.60. The third-order valence-corrected chi connectivity index (χ3v) is 1.57. The average Bonchev–Trinajstić information content (AvgIpc) is 2.18. The van der Waals surface area contributed by atoms with Gasteiger partial charge < -0.3 is 10.4 Å². The zero-order valence-corrected chi connectivity index (χ0v) is 7.53. The average molecular weight is 198 g/mol. The van der Waals surface area contributed by atoms with Crippen LogP contribution in [-0.2, 0) is 4.79 Å². The van der Waals surface area contributed by atoms with Gasteiger partial charge in [-0.1, -0.05) is 0 Å². The number of carbonyl (C=O) groups excluding carboxylic acids is 1. The van der Waals surface area contributed by atoms with Crippen molar-refractivity contribution in [1.82, 2.24) is 4.98 Å². The Hall–Kier alpha value is -1.49. The number of aliphatic hydroxyl groups excluding tert-OH is 1. The molecule has 14 heavy (non-hydrogen) atoms. The molecule has 0 aliphatic heterocycles. The zero-order valence-electron chi connectivity index (χ0n) is 7.53. The molecule has 0 bridgehead atoms. The molecule has 0 atom stereocenters. The molecule has 0 radical (unpaired) electrons. The number of aromatic nitrogens is 1. The summed E-state index contributed by atoms with van der Waals surface area (Å²) in [5, 5.41) is 11.0. The highest BCUT2D eigenvalue weighted by atomic mass is 19.1. The van der Waals surface area contributed by atoms with Gasteiger partial charge in [-0.25, -0.2) is 4.98 Å². The monoisotopic (exact) mass is 198 g/mol. The Balaban J connectivity index is 2.44. The number of nitrogens with zero attached hydrogens (tertiary/aromatic N) is 1. The topological polar surface area (TPSA) is 62.2 Å². The molecule has 2 N–H and O–H groups in total. The van der Waals surface area contributed by atoms with E-state index in [9.17, 15) is 9.18 Å². The molecule has 1 amide bonds. The van der Waals surface area contributed by atoms with E-state index in [4.69, 9.17) is 5.11 Å². The van der Waals surface area contributed by atoms with Gasteiger partial charge in [0, 0.05) is 13.0 Å². The summed E-state index contributed by atoms with van der Waals surface area (Å²) in [5.41, 5.74) is 0.453. The smallest absolute Gasteiger partial charge is 0.224 e. The van der Waals surface area contributed by atoms with Crippen molar-refractivity contribution >= 4 is 11.6 Å². The van der Waals surface area contributed by atoms with Crippen LogP contribution in [-0.4, -0.2) is 22.6 Å². The zero-order chi connectivity index (χ0) is 10.4. The number of amides is 1. The normalized spacial score (nSPS) is 9.86. The van der Waals surface area contributed by atoms with Crippen molar-refractivity contribution in [3.05, 3.63) is 24.3 Å². The lowest BCUT2D eigenvalue weighted by Crippen LogP contribution is -2.11. The Morgan fingerprint density at radius 2 is 2.36 bits per heavy atom. The van der Waals surface area contributed by atoms with Crippen LogP contribution in [0.3, 0.4) is 0 Å². The molecule has 1 rings (SSSR count). The minimum Gasteiger partial charge on any atom is -0.396 e. The van der Waals surface area contributed by atoms with E-state index >= 15 is 0 Å². The van der Waals surface area contributed by atoms with Crippen LogP contribution in [0.1, 0.15) is 12.8 Å². The summed E-state index contributed by atoms with van der Waals surface area (Å²) >= 11 is 0. The fraction of sp³-hybridized carbons (Fsp3) is 0.333. The standard InChI is InChI=1S/C9H11FN2O2/c10-8-4-3-7(6-11-8)12-9(14)2-1-5-13/h3-4,6,13H,1-2,5H2,(H,12,14). The van der Waals surface area contributed by atoms with Crippen molar-refractivity contribution in [3.63, 3.8) is 0 Å². The van der Waals surface area contributed by atoms with Crippen molar-refractivity contribution in [1.29, 1.82) is 0 Å². The molecule has 0 aliphatic carbocycles. The lowest BCUT2D eigenvalue weighted by molar-refractivity contribution is -0.116. The Morgan fingerprint density at radius 3 is 2.93 bits per heavy atom. The van der Waals surface area contributed by atoms with Gasteiger partial charge >= 0.3 is 0 Å². The van der Waals surface area contributed by atoms with Crippen LogP contribution in [0.25, 0.3) is 0 Å². The minimum atomic E-state index is -0.585. The highest BCUT2D eigenvalue weighted by molar-refractivity contribution is 5.90. The Labute approximate surface area is 80.8 Å². The van der Waals surface area contributed by atoms with Crippen molar-refractivity contribution < 1.29 is 14.3 Å². The molecule has 0 saturated heterocycles. The van der Waals surface area contributed by atoms with E-state index in [0.29, 0.717) is 12.1 Å². The number of nitrogens with one attached hydrogen (secondary N) is 1. The van der Waals surface area contributed by atoms with E-state index in [-0.39, 0.29) is 18.9 Å².